The molecule has 10 nitrogen and oxygen atoms in total. The van der Waals surface area contributed by atoms with E-state index in [0.717, 1.165) is 77.5 Å². The second-order valence-corrected chi connectivity index (χ2v) is 13.9. The minimum atomic E-state index is -0.532. The van der Waals surface area contributed by atoms with Gasteiger partial charge in [0.05, 0.1) is 41.9 Å². The predicted molar refractivity (Wildman–Crippen MR) is 181 cm³/mol. The molecule has 4 heterocycles. The molecule has 10 heteroatoms. The molecule has 46 heavy (non-hydrogen) atoms. The minimum Gasteiger partial charge on any atom is -0.444 e. The number of carbonyl (C=O) groups is 1. The Balaban J connectivity index is 1.11. The summed E-state index contributed by atoms with van der Waals surface area (Å²) in [5, 5.41) is 8.66. The summed E-state index contributed by atoms with van der Waals surface area (Å²) in [6.45, 7) is 11.3. The van der Waals surface area contributed by atoms with Crippen LogP contribution in [0, 0.1) is 11.3 Å². The molecule has 0 unspecified atom stereocenters. The van der Waals surface area contributed by atoms with Crippen LogP contribution in [-0.4, -0.2) is 66.4 Å². The van der Waals surface area contributed by atoms with E-state index in [4.69, 9.17) is 20.9 Å². The quantitative estimate of drug-likeness (QED) is 0.126. The van der Waals surface area contributed by atoms with E-state index in [9.17, 15) is 4.79 Å². The first-order valence-corrected chi connectivity index (χ1v) is 16.4. The highest BCUT2D eigenvalue weighted by atomic mass is 16.6. The summed E-state index contributed by atoms with van der Waals surface area (Å²) in [6.07, 6.45) is 7.20. The van der Waals surface area contributed by atoms with Crippen LogP contribution in [0.2, 0.25) is 0 Å². The van der Waals surface area contributed by atoms with E-state index in [1.54, 1.807) is 4.90 Å². The van der Waals surface area contributed by atoms with E-state index in [1.807, 2.05) is 33.2 Å². The van der Waals surface area contributed by atoms with Gasteiger partial charge >= 0.3 is 6.09 Å². The van der Waals surface area contributed by atoms with Crippen molar-refractivity contribution in [3.8, 4) is 33.6 Å². The highest BCUT2D eigenvalue weighted by Crippen LogP contribution is 2.35. The number of carbonyl (C=O) groups excluding carboxylic acids is 1. The molecule has 0 spiro atoms. The van der Waals surface area contributed by atoms with Gasteiger partial charge in [0, 0.05) is 13.1 Å². The number of amides is 1. The fourth-order valence-corrected chi connectivity index (χ4v) is 6.43. The van der Waals surface area contributed by atoms with Crippen LogP contribution in [0.15, 0.2) is 60.9 Å². The highest BCUT2D eigenvalue weighted by Gasteiger charge is 2.35. The SMILES string of the molecule is CC(C)[C@H](N)C(=N)N1CCC[C@H]1c1ncc(-c2ccc(-c3ccc(-c4cnc([C@@H]5CCCN5C(=O)OC(C)(C)C)[nH]4)cc3)cc2)[nH]1. The van der Waals surface area contributed by atoms with Crippen molar-refractivity contribution in [2.45, 2.75) is 84.0 Å². The van der Waals surface area contributed by atoms with E-state index < -0.39 is 5.60 Å². The van der Waals surface area contributed by atoms with Gasteiger partial charge in [-0.1, -0.05) is 62.4 Å². The molecule has 2 aromatic carbocycles. The van der Waals surface area contributed by atoms with Crippen molar-refractivity contribution in [3.63, 3.8) is 0 Å². The predicted octanol–water partition coefficient (Wildman–Crippen LogP) is 7.30. The van der Waals surface area contributed by atoms with Crippen LogP contribution in [0.5, 0.6) is 0 Å². The zero-order valence-corrected chi connectivity index (χ0v) is 27.5. The second-order valence-electron chi connectivity index (χ2n) is 13.9. The van der Waals surface area contributed by atoms with Crippen molar-refractivity contribution in [1.29, 1.82) is 5.41 Å². The Morgan fingerprint density at radius 1 is 0.826 bits per heavy atom. The lowest BCUT2D eigenvalue weighted by Gasteiger charge is -2.30. The molecule has 2 fully saturated rings. The van der Waals surface area contributed by atoms with Crippen molar-refractivity contribution >= 4 is 11.9 Å². The molecule has 1 amide bonds. The molecule has 242 valence electrons. The monoisotopic (exact) mass is 622 g/mol. The Labute approximate surface area is 271 Å². The number of aromatic amines is 2. The largest absolute Gasteiger partial charge is 0.444 e. The first-order chi connectivity index (χ1) is 22.0. The minimum absolute atomic E-state index is 0.0527. The van der Waals surface area contributed by atoms with Gasteiger partial charge in [0.25, 0.3) is 0 Å². The second kappa shape index (κ2) is 12.7. The maximum absolute atomic E-state index is 12.8. The maximum Gasteiger partial charge on any atom is 0.410 e. The van der Waals surface area contributed by atoms with Gasteiger partial charge in [-0.15, -0.1) is 0 Å². The van der Waals surface area contributed by atoms with Gasteiger partial charge in [0.15, 0.2) is 0 Å². The van der Waals surface area contributed by atoms with Crippen LogP contribution in [-0.2, 0) is 4.74 Å². The number of imidazole rings is 2. The van der Waals surface area contributed by atoms with Crippen LogP contribution >= 0.6 is 0 Å². The van der Waals surface area contributed by atoms with Crippen LogP contribution < -0.4 is 5.73 Å². The molecule has 3 atom stereocenters. The first kappa shape index (κ1) is 31.5. The summed E-state index contributed by atoms with van der Waals surface area (Å²) in [5.41, 5.74) is 12.0. The van der Waals surface area contributed by atoms with Crippen molar-refractivity contribution in [1.82, 2.24) is 29.7 Å². The molecule has 2 aliphatic heterocycles. The number of aromatic nitrogens is 4. The summed E-state index contributed by atoms with van der Waals surface area (Å²) in [7, 11) is 0. The fourth-order valence-electron chi connectivity index (χ4n) is 6.43. The van der Waals surface area contributed by atoms with E-state index in [0.29, 0.717) is 12.4 Å². The molecular formula is C36H46N8O2. The number of nitrogens with zero attached hydrogens (tertiary/aromatic N) is 4. The molecular weight excluding hydrogens is 576 g/mol. The number of nitrogens with two attached hydrogens (primary N) is 1. The Hall–Kier alpha value is -4.44. The van der Waals surface area contributed by atoms with Crippen molar-refractivity contribution in [2.24, 2.45) is 11.7 Å². The molecule has 2 saturated heterocycles. The number of nitrogens with one attached hydrogen (secondary N) is 3. The van der Waals surface area contributed by atoms with Crippen LogP contribution in [0.1, 0.15) is 84.0 Å². The Bertz CT molecular complexity index is 1660. The lowest BCUT2D eigenvalue weighted by Crippen LogP contribution is -2.45. The molecule has 4 aromatic rings. The lowest BCUT2D eigenvalue weighted by atomic mass is 10.0. The number of H-pyrrole nitrogens is 2. The molecule has 6 rings (SSSR count). The zero-order chi connectivity index (χ0) is 32.6. The van der Waals surface area contributed by atoms with Gasteiger partial charge in [0.2, 0.25) is 0 Å². The standard InChI is InChI=1S/C36H46N8O2/c1-22(2)31(37)32(38)43-18-6-8-29(43)33-39-20-27(41-33)25-14-10-23(11-15-25)24-12-16-26(17-13-24)28-21-40-34(42-28)30-9-7-19-44(30)35(45)46-36(3,4)5/h10-17,20-22,29-31,38H,6-9,18-19,37H2,1-5H3,(H,39,41)(H,40,42)/t29-,30-,31-/m0/s1. The third kappa shape index (κ3) is 6.58. The van der Waals surface area contributed by atoms with Gasteiger partial charge < -0.3 is 25.3 Å². The Morgan fingerprint density at radius 2 is 1.26 bits per heavy atom. The van der Waals surface area contributed by atoms with E-state index >= 15 is 0 Å². The molecule has 0 bridgehead atoms. The first-order valence-electron chi connectivity index (χ1n) is 16.4. The average Bonchev–Trinajstić information content (AvgIpc) is 3.85. The Kier molecular flexibility index (Phi) is 8.74. The van der Waals surface area contributed by atoms with Gasteiger partial charge in [0.1, 0.15) is 23.1 Å². The third-order valence-electron chi connectivity index (χ3n) is 9.02. The fraction of sp³-hybridized carbons (Fsp3) is 0.444. The zero-order valence-electron chi connectivity index (χ0n) is 27.5. The third-order valence-corrected chi connectivity index (χ3v) is 9.02. The Morgan fingerprint density at radius 3 is 1.72 bits per heavy atom. The van der Waals surface area contributed by atoms with Crippen LogP contribution in [0.25, 0.3) is 33.6 Å². The number of hydrogen-bond donors (Lipinski definition) is 4. The van der Waals surface area contributed by atoms with Crippen molar-refractivity contribution < 1.29 is 9.53 Å². The highest BCUT2D eigenvalue weighted by molar-refractivity contribution is 5.85. The number of benzene rings is 2. The molecule has 5 N–H and O–H groups in total. The topological polar surface area (TPSA) is 140 Å². The van der Waals surface area contributed by atoms with Gasteiger partial charge in [-0.2, -0.15) is 0 Å². The smallest absolute Gasteiger partial charge is 0.410 e. The number of ether oxygens (including phenoxy) is 1. The maximum atomic E-state index is 12.8. The number of likely N-dealkylation sites (tertiary alicyclic amines) is 2. The van der Waals surface area contributed by atoms with Gasteiger partial charge in [-0.05, 0) is 74.6 Å². The molecule has 0 aliphatic carbocycles. The van der Waals surface area contributed by atoms with E-state index in [2.05, 4.69) is 82.2 Å². The lowest BCUT2D eigenvalue weighted by molar-refractivity contribution is 0.0218. The summed E-state index contributed by atoms with van der Waals surface area (Å²) >= 11 is 0. The van der Waals surface area contributed by atoms with Crippen molar-refractivity contribution in [2.75, 3.05) is 13.1 Å². The van der Waals surface area contributed by atoms with Gasteiger partial charge in [-0.3, -0.25) is 10.3 Å². The number of amidine groups is 1. The molecule has 2 aliphatic rings. The van der Waals surface area contributed by atoms with Crippen LogP contribution in [0.3, 0.4) is 0 Å². The number of hydrogen-bond acceptors (Lipinski definition) is 6. The summed E-state index contributed by atoms with van der Waals surface area (Å²) in [5.74, 6) is 2.39. The number of rotatable bonds is 7. The van der Waals surface area contributed by atoms with E-state index in [-0.39, 0.29) is 30.1 Å². The average molecular weight is 623 g/mol. The van der Waals surface area contributed by atoms with Crippen LogP contribution in [0.4, 0.5) is 4.79 Å². The molecule has 0 radical (unpaired) electrons. The van der Waals surface area contributed by atoms with Gasteiger partial charge in [-0.25, -0.2) is 14.8 Å². The normalized spacial score (nSPS) is 19.2. The van der Waals surface area contributed by atoms with E-state index in [1.165, 1.54) is 0 Å². The summed E-state index contributed by atoms with van der Waals surface area (Å²) in [6, 6.07) is 16.6. The van der Waals surface area contributed by atoms with Crippen molar-refractivity contribution in [3.05, 3.63) is 72.6 Å². The summed E-state index contributed by atoms with van der Waals surface area (Å²) < 4.78 is 5.63. The summed E-state index contributed by atoms with van der Waals surface area (Å²) in [4.78, 5) is 33.0. The molecule has 2 aromatic heterocycles. The molecule has 0 saturated carbocycles.